The maximum Gasteiger partial charge on any atom is 0.169 e. The molecule has 39 heavy (non-hydrogen) atoms. The van der Waals surface area contributed by atoms with Crippen molar-refractivity contribution in [2.24, 2.45) is 5.92 Å². The number of fused-ring (bicyclic) bond motifs is 2. The average molecular weight is 525 g/mol. The van der Waals surface area contributed by atoms with Gasteiger partial charge in [-0.05, 0) is 68.8 Å². The summed E-state index contributed by atoms with van der Waals surface area (Å²) in [5, 5.41) is 18.8. The van der Waals surface area contributed by atoms with Crippen LogP contribution in [0.25, 0.3) is 11.3 Å². The lowest BCUT2D eigenvalue weighted by Gasteiger charge is -2.34. The Morgan fingerprint density at radius 2 is 1.82 bits per heavy atom. The van der Waals surface area contributed by atoms with Crippen molar-refractivity contribution in [2.75, 3.05) is 54.8 Å². The summed E-state index contributed by atoms with van der Waals surface area (Å²) >= 11 is 0. The van der Waals surface area contributed by atoms with Crippen LogP contribution in [-0.2, 0) is 0 Å². The fourth-order valence-corrected chi connectivity index (χ4v) is 6.15. The highest BCUT2D eigenvalue weighted by molar-refractivity contribution is 5.74. The van der Waals surface area contributed by atoms with Crippen LogP contribution >= 0.6 is 0 Å². The molecule has 2 aromatic heterocycles. The van der Waals surface area contributed by atoms with Crippen molar-refractivity contribution < 1.29 is 5.11 Å². The number of benzene rings is 1. The number of rotatable bonds is 4. The van der Waals surface area contributed by atoms with Crippen molar-refractivity contribution in [3.8, 4) is 28.8 Å². The van der Waals surface area contributed by atoms with E-state index in [9.17, 15) is 5.11 Å². The Bertz CT molecular complexity index is 1360. The maximum atomic E-state index is 10.3. The lowest BCUT2D eigenvalue weighted by Crippen LogP contribution is -2.42. The third-order valence-corrected chi connectivity index (χ3v) is 8.23. The van der Waals surface area contributed by atoms with E-state index in [0.717, 1.165) is 69.3 Å². The van der Waals surface area contributed by atoms with Gasteiger partial charge in [0, 0.05) is 37.3 Å². The minimum Gasteiger partial charge on any atom is -0.507 e. The molecule has 202 valence electrons. The number of anilines is 3. The first-order chi connectivity index (χ1) is 19.1. The van der Waals surface area contributed by atoms with Gasteiger partial charge < -0.3 is 20.6 Å². The van der Waals surface area contributed by atoms with Crippen molar-refractivity contribution in [1.29, 1.82) is 0 Å². The Labute approximate surface area is 230 Å². The van der Waals surface area contributed by atoms with E-state index in [2.05, 4.69) is 46.7 Å². The number of nitrogens with zero attached hydrogens (tertiary/aromatic N) is 7. The molecular formula is C30H36N8O. The van der Waals surface area contributed by atoms with Crippen LogP contribution in [0.5, 0.6) is 5.75 Å². The molecular weight excluding hydrogens is 488 g/mol. The van der Waals surface area contributed by atoms with Crippen molar-refractivity contribution in [2.45, 2.75) is 44.6 Å². The second-order valence-corrected chi connectivity index (χ2v) is 10.9. The van der Waals surface area contributed by atoms with Gasteiger partial charge in [0.1, 0.15) is 23.6 Å². The van der Waals surface area contributed by atoms with Crippen LogP contribution in [0, 0.1) is 17.8 Å². The minimum atomic E-state index is 0.178. The summed E-state index contributed by atoms with van der Waals surface area (Å²) in [6.45, 7) is 5.79. The number of para-hydroxylation sites is 1. The van der Waals surface area contributed by atoms with Gasteiger partial charge in [-0.2, -0.15) is 0 Å². The van der Waals surface area contributed by atoms with Crippen LogP contribution in [0.15, 0.2) is 42.7 Å². The van der Waals surface area contributed by atoms with Gasteiger partial charge in [-0.15, -0.1) is 10.2 Å². The minimum absolute atomic E-state index is 0.178. The first kappa shape index (κ1) is 25.4. The number of phenols is 1. The van der Waals surface area contributed by atoms with Crippen molar-refractivity contribution in [1.82, 2.24) is 25.1 Å². The molecule has 0 radical (unpaired) electrons. The fraction of sp³-hybridized carbons (Fsp3) is 0.467. The number of nitrogen functional groups attached to an aromatic ring is 1. The van der Waals surface area contributed by atoms with E-state index >= 15 is 0 Å². The van der Waals surface area contributed by atoms with Crippen molar-refractivity contribution in [3.05, 3.63) is 48.4 Å². The molecule has 0 spiro atoms. The van der Waals surface area contributed by atoms with E-state index in [1.807, 2.05) is 24.3 Å². The van der Waals surface area contributed by atoms with Gasteiger partial charge in [0.2, 0.25) is 0 Å². The largest absolute Gasteiger partial charge is 0.507 e. The molecule has 2 bridgehead atoms. The normalized spacial score (nSPS) is 21.6. The van der Waals surface area contributed by atoms with E-state index in [0.29, 0.717) is 29.0 Å². The number of aromatic hydroxyl groups is 1. The molecule has 5 heterocycles. The van der Waals surface area contributed by atoms with Crippen LogP contribution in [-0.4, -0.2) is 75.5 Å². The number of aromatic nitrogens is 4. The van der Waals surface area contributed by atoms with Gasteiger partial charge in [-0.25, -0.2) is 9.97 Å². The number of likely N-dealkylation sites (tertiary alicyclic amines) is 1. The van der Waals surface area contributed by atoms with Crippen LogP contribution in [0.4, 0.5) is 17.3 Å². The van der Waals surface area contributed by atoms with Gasteiger partial charge in [0.25, 0.3) is 0 Å². The molecule has 2 unspecified atom stereocenters. The van der Waals surface area contributed by atoms with Crippen LogP contribution < -0.4 is 15.5 Å². The predicted octanol–water partition coefficient (Wildman–Crippen LogP) is 3.55. The average Bonchev–Trinajstić information content (AvgIpc) is 3.08. The van der Waals surface area contributed by atoms with Crippen LogP contribution in [0.3, 0.4) is 0 Å². The molecule has 1 aromatic carbocycles. The molecule has 3 fully saturated rings. The van der Waals surface area contributed by atoms with E-state index < -0.39 is 0 Å². The quantitative estimate of drug-likeness (QED) is 0.496. The zero-order chi connectivity index (χ0) is 26.6. The van der Waals surface area contributed by atoms with Crippen molar-refractivity contribution in [3.63, 3.8) is 0 Å². The van der Waals surface area contributed by atoms with Crippen LogP contribution in [0.2, 0.25) is 0 Å². The highest BCUT2D eigenvalue weighted by atomic mass is 16.3. The molecule has 3 aliphatic rings. The summed E-state index contributed by atoms with van der Waals surface area (Å²) in [5.41, 5.74) is 9.23. The maximum absolute atomic E-state index is 10.3. The molecule has 9 nitrogen and oxygen atoms in total. The van der Waals surface area contributed by atoms with Gasteiger partial charge >= 0.3 is 0 Å². The van der Waals surface area contributed by atoms with E-state index in [4.69, 9.17) is 5.73 Å². The van der Waals surface area contributed by atoms with Gasteiger partial charge in [0.05, 0.1) is 17.9 Å². The smallest absolute Gasteiger partial charge is 0.169 e. The standard InChI is InChI=1S/C30H36N8O/c31-30-27(18-26(34-35-30)25-9-3-4-10-28(25)39)37-15-11-22-16-24(20-37)38(19-22)29-17-23(32-21-33-29)8-7-14-36-12-5-1-2-6-13-36/h3-4,9-10,17-18,21-22,24,39H,1-2,5-6,11-16,19-20H2,(H2,31,35). The van der Waals surface area contributed by atoms with E-state index in [-0.39, 0.29) is 5.75 Å². The molecule has 0 amide bonds. The lowest BCUT2D eigenvalue weighted by molar-refractivity contribution is 0.320. The Balaban J connectivity index is 1.19. The summed E-state index contributed by atoms with van der Waals surface area (Å²) in [7, 11) is 0. The summed E-state index contributed by atoms with van der Waals surface area (Å²) in [4.78, 5) is 16.3. The summed E-state index contributed by atoms with van der Waals surface area (Å²) < 4.78 is 0. The van der Waals surface area contributed by atoms with Crippen LogP contribution in [0.1, 0.15) is 44.2 Å². The third kappa shape index (κ3) is 5.76. The summed E-state index contributed by atoms with van der Waals surface area (Å²) in [6, 6.07) is 11.5. The Morgan fingerprint density at radius 1 is 0.974 bits per heavy atom. The number of phenolic OH excluding ortho intramolecular Hbond substituents is 1. The summed E-state index contributed by atoms with van der Waals surface area (Å²) in [6.07, 6.45) is 9.02. The molecule has 6 rings (SSSR count). The molecule has 0 aliphatic carbocycles. The lowest BCUT2D eigenvalue weighted by atomic mass is 10.0. The first-order valence-corrected chi connectivity index (χ1v) is 14.1. The Kier molecular flexibility index (Phi) is 7.46. The van der Waals surface area contributed by atoms with E-state index in [1.165, 1.54) is 25.7 Å². The monoisotopic (exact) mass is 524 g/mol. The Morgan fingerprint density at radius 3 is 2.67 bits per heavy atom. The van der Waals surface area contributed by atoms with Crippen molar-refractivity contribution >= 4 is 17.3 Å². The number of nitrogens with two attached hydrogens (primary N) is 1. The topological polar surface area (TPSA) is 108 Å². The molecule has 2 atom stereocenters. The second-order valence-electron chi connectivity index (χ2n) is 10.9. The predicted molar refractivity (Wildman–Crippen MR) is 153 cm³/mol. The highest BCUT2D eigenvalue weighted by Crippen LogP contribution is 2.37. The zero-order valence-electron chi connectivity index (χ0n) is 22.3. The third-order valence-electron chi connectivity index (χ3n) is 8.23. The van der Waals surface area contributed by atoms with Gasteiger partial charge in [0.15, 0.2) is 5.82 Å². The molecule has 9 heteroatoms. The molecule has 3 aliphatic heterocycles. The second kappa shape index (κ2) is 11.5. The molecule has 3 aromatic rings. The first-order valence-electron chi connectivity index (χ1n) is 14.1. The fourth-order valence-electron chi connectivity index (χ4n) is 6.15. The Hall–Kier alpha value is -3.90. The molecule has 3 saturated heterocycles. The zero-order valence-corrected chi connectivity index (χ0v) is 22.3. The van der Waals surface area contributed by atoms with Gasteiger partial charge in [-0.1, -0.05) is 30.9 Å². The summed E-state index contributed by atoms with van der Waals surface area (Å²) in [5.74, 6) is 8.74. The highest BCUT2D eigenvalue weighted by Gasteiger charge is 2.37. The SMILES string of the molecule is Nc1nnc(-c2ccccc2O)cc1N1CCC2CC(C1)N(c1cc(C#CCN3CCCCCC3)ncn1)C2. The molecule has 3 N–H and O–H groups in total. The number of hydrogen-bond acceptors (Lipinski definition) is 9. The van der Waals surface area contributed by atoms with E-state index in [1.54, 1.807) is 18.5 Å². The van der Waals surface area contributed by atoms with Gasteiger partial charge in [-0.3, -0.25) is 4.90 Å². The number of hydrogen-bond donors (Lipinski definition) is 2. The molecule has 0 saturated carbocycles.